The lowest BCUT2D eigenvalue weighted by Gasteiger charge is -2.07. The molecular weight excluding hydrogens is 386 g/mol. The average molecular weight is 393 g/mol. The molecule has 2 aromatic rings. The highest BCUT2D eigenvalue weighted by molar-refractivity contribution is 14.1. The first kappa shape index (κ1) is 13.6. The summed E-state index contributed by atoms with van der Waals surface area (Å²) in [6.07, 6.45) is 0. The SMILES string of the molecule is O=C(Nc1ccc(I)cc1Cl)c1cccc(Cl)n1. The second-order valence-electron chi connectivity index (χ2n) is 3.42. The van der Waals surface area contributed by atoms with Crippen LogP contribution in [0.3, 0.4) is 0 Å². The second kappa shape index (κ2) is 5.86. The van der Waals surface area contributed by atoms with Crippen LogP contribution in [0.1, 0.15) is 10.5 Å². The van der Waals surface area contributed by atoms with Crippen LogP contribution in [0, 0.1) is 3.57 Å². The summed E-state index contributed by atoms with van der Waals surface area (Å²) in [6, 6.07) is 10.2. The molecule has 0 bridgehead atoms. The van der Waals surface area contributed by atoms with Crippen molar-refractivity contribution in [1.29, 1.82) is 0 Å². The van der Waals surface area contributed by atoms with Gasteiger partial charge in [0.05, 0.1) is 10.7 Å². The normalized spacial score (nSPS) is 10.2. The monoisotopic (exact) mass is 392 g/mol. The fourth-order valence-corrected chi connectivity index (χ4v) is 2.38. The highest BCUT2D eigenvalue weighted by Crippen LogP contribution is 2.24. The molecule has 0 aliphatic heterocycles. The number of hydrogen-bond donors (Lipinski definition) is 1. The zero-order valence-corrected chi connectivity index (χ0v) is 12.6. The Morgan fingerprint density at radius 2 is 2.00 bits per heavy atom. The second-order valence-corrected chi connectivity index (χ2v) is 5.46. The number of rotatable bonds is 2. The molecule has 1 amide bonds. The van der Waals surface area contributed by atoms with E-state index in [0.29, 0.717) is 10.7 Å². The summed E-state index contributed by atoms with van der Waals surface area (Å²) >= 11 is 13.9. The molecule has 6 heteroatoms. The minimum absolute atomic E-state index is 0.247. The summed E-state index contributed by atoms with van der Waals surface area (Å²) in [5.74, 6) is -0.347. The molecule has 0 saturated carbocycles. The first-order valence-corrected chi connectivity index (χ1v) is 6.79. The van der Waals surface area contributed by atoms with Gasteiger partial charge in [-0.15, -0.1) is 0 Å². The van der Waals surface area contributed by atoms with Crippen LogP contribution < -0.4 is 5.32 Å². The Morgan fingerprint density at radius 1 is 1.22 bits per heavy atom. The van der Waals surface area contributed by atoms with Crippen molar-refractivity contribution in [3.05, 3.63) is 55.8 Å². The van der Waals surface area contributed by atoms with E-state index in [-0.39, 0.29) is 16.8 Å². The summed E-state index contributed by atoms with van der Waals surface area (Å²) in [5.41, 5.74) is 0.793. The van der Waals surface area contributed by atoms with Crippen LogP contribution in [-0.4, -0.2) is 10.9 Å². The molecule has 0 aliphatic carbocycles. The van der Waals surface area contributed by atoms with Gasteiger partial charge in [-0.05, 0) is 52.9 Å². The minimum atomic E-state index is -0.347. The Balaban J connectivity index is 2.21. The van der Waals surface area contributed by atoms with E-state index in [4.69, 9.17) is 23.2 Å². The van der Waals surface area contributed by atoms with Crippen molar-refractivity contribution in [2.75, 3.05) is 5.32 Å². The summed E-state index contributed by atoms with van der Waals surface area (Å²) in [4.78, 5) is 15.8. The van der Waals surface area contributed by atoms with Gasteiger partial charge in [0.15, 0.2) is 0 Å². The van der Waals surface area contributed by atoms with Crippen LogP contribution in [0.4, 0.5) is 5.69 Å². The highest BCUT2D eigenvalue weighted by atomic mass is 127. The highest BCUT2D eigenvalue weighted by Gasteiger charge is 2.10. The number of hydrogen-bond acceptors (Lipinski definition) is 2. The van der Waals surface area contributed by atoms with Crippen molar-refractivity contribution in [1.82, 2.24) is 4.98 Å². The molecule has 0 fully saturated rings. The number of carbonyl (C=O) groups is 1. The topological polar surface area (TPSA) is 42.0 Å². The van der Waals surface area contributed by atoms with Crippen LogP contribution in [0.2, 0.25) is 10.2 Å². The molecule has 0 spiro atoms. The molecule has 0 saturated heterocycles. The smallest absolute Gasteiger partial charge is 0.274 e. The third-order valence-corrected chi connectivity index (χ3v) is 3.32. The first-order chi connectivity index (χ1) is 8.56. The van der Waals surface area contributed by atoms with Crippen LogP contribution >= 0.6 is 45.8 Å². The van der Waals surface area contributed by atoms with Gasteiger partial charge in [0, 0.05) is 3.57 Å². The number of amides is 1. The molecule has 0 unspecified atom stereocenters. The summed E-state index contributed by atoms with van der Waals surface area (Å²) in [5, 5.41) is 3.44. The molecule has 0 atom stereocenters. The number of pyridine rings is 1. The van der Waals surface area contributed by atoms with Gasteiger partial charge in [0.25, 0.3) is 5.91 Å². The molecule has 3 nitrogen and oxygen atoms in total. The van der Waals surface area contributed by atoms with Gasteiger partial charge >= 0.3 is 0 Å². The van der Waals surface area contributed by atoms with E-state index >= 15 is 0 Å². The minimum Gasteiger partial charge on any atom is -0.319 e. The molecule has 1 aromatic carbocycles. The van der Waals surface area contributed by atoms with Crippen molar-refractivity contribution in [2.45, 2.75) is 0 Å². The largest absolute Gasteiger partial charge is 0.319 e. The Hall–Kier alpha value is -0.850. The Kier molecular flexibility index (Phi) is 4.42. The van der Waals surface area contributed by atoms with Gasteiger partial charge in [0.2, 0.25) is 0 Å². The van der Waals surface area contributed by atoms with Gasteiger partial charge in [-0.3, -0.25) is 4.79 Å². The lowest BCUT2D eigenvalue weighted by atomic mass is 10.3. The van der Waals surface area contributed by atoms with Gasteiger partial charge in [-0.2, -0.15) is 0 Å². The maximum absolute atomic E-state index is 11.9. The summed E-state index contributed by atoms with van der Waals surface area (Å²) < 4.78 is 0.997. The molecule has 0 aliphatic rings. The molecule has 1 heterocycles. The number of carbonyl (C=O) groups excluding carboxylic acids is 1. The quantitative estimate of drug-likeness (QED) is 0.613. The lowest BCUT2D eigenvalue weighted by molar-refractivity contribution is 0.102. The van der Waals surface area contributed by atoms with E-state index < -0.39 is 0 Å². The van der Waals surface area contributed by atoms with Crippen LogP contribution in [0.15, 0.2) is 36.4 Å². The zero-order chi connectivity index (χ0) is 13.1. The van der Waals surface area contributed by atoms with E-state index in [1.807, 2.05) is 6.07 Å². The van der Waals surface area contributed by atoms with Crippen molar-refractivity contribution in [2.24, 2.45) is 0 Å². The number of benzene rings is 1. The third-order valence-electron chi connectivity index (χ3n) is 2.13. The Bertz CT molecular complexity index is 604. The van der Waals surface area contributed by atoms with Crippen molar-refractivity contribution in [3.8, 4) is 0 Å². The van der Waals surface area contributed by atoms with Gasteiger partial charge in [-0.1, -0.05) is 29.3 Å². The van der Waals surface area contributed by atoms with E-state index in [1.165, 1.54) is 0 Å². The number of halogens is 3. The molecular formula is C12H7Cl2IN2O. The number of nitrogens with zero attached hydrogens (tertiary/aromatic N) is 1. The summed E-state index contributed by atoms with van der Waals surface area (Å²) in [6.45, 7) is 0. The van der Waals surface area contributed by atoms with Crippen molar-refractivity contribution >= 4 is 57.4 Å². The molecule has 2 rings (SSSR count). The Labute approximate surface area is 128 Å². The van der Waals surface area contributed by atoms with Gasteiger partial charge in [0.1, 0.15) is 10.8 Å². The summed E-state index contributed by atoms with van der Waals surface area (Å²) in [7, 11) is 0. The van der Waals surface area contributed by atoms with Crippen LogP contribution in [0.5, 0.6) is 0 Å². The molecule has 92 valence electrons. The fraction of sp³-hybridized carbons (Fsp3) is 0. The van der Waals surface area contributed by atoms with Gasteiger partial charge < -0.3 is 5.32 Å². The van der Waals surface area contributed by atoms with Crippen molar-refractivity contribution < 1.29 is 4.79 Å². The molecule has 0 radical (unpaired) electrons. The lowest BCUT2D eigenvalue weighted by Crippen LogP contribution is -2.13. The predicted octanol–water partition coefficient (Wildman–Crippen LogP) is 4.25. The maximum atomic E-state index is 11.9. The van der Waals surface area contributed by atoms with Crippen molar-refractivity contribution in [3.63, 3.8) is 0 Å². The third kappa shape index (κ3) is 3.34. The molecule has 1 aromatic heterocycles. The number of aromatic nitrogens is 1. The zero-order valence-electron chi connectivity index (χ0n) is 8.95. The number of anilines is 1. The van der Waals surface area contributed by atoms with E-state index in [9.17, 15) is 4.79 Å². The van der Waals surface area contributed by atoms with E-state index in [2.05, 4.69) is 32.9 Å². The molecule has 1 N–H and O–H groups in total. The van der Waals surface area contributed by atoms with E-state index in [0.717, 1.165) is 3.57 Å². The molecule has 18 heavy (non-hydrogen) atoms. The Morgan fingerprint density at radius 3 is 2.67 bits per heavy atom. The maximum Gasteiger partial charge on any atom is 0.274 e. The fourth-order valence-electron chi connectivity index (χ4n) is 1.31. The average Bonchev–Trinajstić information content (AvgIpc) is 2.32. The van der Waals surface area contributed by atoms with Crippen LogP contribution in [0.25, 0.3) is 0 Å². The van der Waals surface area contributed by atoms with E-state index in [1.54, 1.807) is 30.3 Å². The standard InChI is InChI=1S/C12H7Cl2IN2O/c13-8-6-7(15)4-5-9(8)17-12(18)10-2-1-3-11(14)16-10/h1-6H,(H,17,18). The predicted molar refractivity (Wildman–Crippen MR) is 81.4 cm³/mol. The number of nitrogens with one attached hydrogen (secondary N) is 1. The first-order valence-electron chi connectivity index (χ1n) is 4.95. The van der Waals surface area contributed by atoms with Crippen LogP contribution in [-0.2, 0) is 0 Å². The van der Waals surface area contributed by atoms with Gasteiger partial charge in [-0.25, -0.2) is 4.98 Å².